The van der Waals surface area contributed by atoms with E-state index in [9.17, 15) is 4.79 Å². The van der Waals surface area contributed by atoms with Gasteiger partial charge in [-0.05, 0) is 60.9 Å². The average Bonchev–Trinajstić information content (AvgIpc) is 2.69. The van der Waals surface area contributed by atoms with E-state index in [1.165, 1.54) is 0 Å². The highest BCUT2D eigenvalue weighted by molar-refractivity contribution is 6.03. The number of nitrogens with zero attached hydrogens (tertiary/aromatic N) is 1. The molecule has 1 amide bonds. The minimum atomic E-state index is -0.225. The largest absolute Gasteiger partial charge is 0.497 e. The van der Waals surface area contributed by atoms with Crippen LogP contribution in [0.3, 0.4) is 0 Å². The molecule has 1 aromatic heterocycles. The van der Waals surface area contributed by atoms with Gasteiger partial charge in [-0.1, -0.05) is 24.3 Å². The van der Waals surface area contributed by atoms with Gasteiger partial charge in [0.1, 0.15) is 11.4 Å². The molecule has 2 N–H and O–H groups in total. The number of carbonyl (C=O) groups is 1. The zero-order valence-corrected chi connectivity index (χ0v) is 15.7. The van der Waals surface area contributed by atoms with E-state index in [-0.39, 0.29) is 5.91 Å². The van der Waals surface area contributed by atoms with Crippen molar-refractivity contribution in [2.24, 2.45) is 0 Å². The fourth-order valence-corrected chi connectivity index (χ4v) is 2.67. The van der Waals surface area contributed by atoms with Gasteiger partial charge in [0.05, 0.1) is 7.11 Å². The average molecular weight is 361 g/mol. The molecule has 0 atom stereocenters. The molecule has 0 aliphatic heterocycles. The van der Waals surface area contributed by atoms with Gasteiger partial charge in [-0.25, -0.2) is 0 Å². The van der Waals surface area contributed by atoms with Gasteiger partial charge in [0, 0.05) is 24.1 Å². The topological polar surface area (TPSA) is 63.2 Å². The Kier molecular flexibility index (Phi) is 5.71. The van der Waals surface area contributed by atoms with Gasteiger partial charge < -0.3 is 15.4 Å². The van der Waals surface area contributed by atoms with Gasteiger partial charge in [-0.15, -0.1) is 0 Å². The number of benzene rings is 2. The monoisotopic (exact) mass is 361 g/mol. The summed E-state index contributed by atoms with van der Waals surface area (Å²) in [5.41, 5.74) is 5.25. The number of amides is 1. The predicted octanol–water partition coefficient (Wildman–Crippen LogP) is 4.57. The highest BCUT2D eigenvalue weighted by Crippen LogP contribution is 2.18. The van der Waals surface area contributed by atoms with Crippen molar-refractivity contribution >= 4 is 17.3 Å². The molecule has 2 aromatic carbocycles. The summed E-state index contributed by atoms with van der Waals surface area (Å²) in [5, 5.41) is 6.26. The van der Waals surface area contributed by atoms with E-state index in [2.05, 4.69) is 15.6 Å². The molecule has 3 rings (SSSR count). The van der Waals surface area contributed by atoms with Crippen molar-refractivity contribution in [1.29, 1.82) is 0 Å². The maximum atomic E-state index is 12.6. The Balaban J connectivity index is 1.67. The molecule has 0 fully saturated rings. The van der Waals surface area contributed by atoms with E-state index in [0.29, 0.717) is 12.2 Å². The van der Waals surface area contributed by atoms with E-state index in [4.69, 9.17) is 4.74 Å². The zero-order chi connectivity index (χ0) is 19.2. The number of hydrogen-bond donors (Lipinski definition) is 2. The van der Waals surface area contributed by atoms with Gasteiger partial charge in [0.15, 0.2) is 0 Å². The van der Waals surface area contributed by atoms with Crippen LogP contribution in [0.2, 0.25) is 0 Å². The minimum absolute atomic E-state index is 0.225. The van der Waals surface area contributed by atoms with E-state index in [1.54, 1.807) is 19.4 Å². The van der Waals surface area contributed by atoms with Crippen LogP contribution in [0, 0.1) is 13.8 Å². The maximum absolute atomic E-state index is 12.6. The third kappa shape index (κ3) is 4.85. The number of hydrogen-bond acceptors (Lipinski definition) is 4. The van der Waals surface area contributed by atoms with Crippen molar-refractivity contribution in [3.05, 3.63) is 83.2 Å². The fourth-order valence-electron chi connectivity index (χ4n) is 2.67. The summed E-state index contributed by atoms with van der Waals surface area (Å²) in [7, 11) is 1.65. The number of aromatic nitrogens is 1. The summed E-state index contributed by atoms with van der Waals surface area (Å²) in [4.78, 5) is 16.8. The molecule has 0 aliphatic rings. The highest BCUT2D eigenvalue weighted by Gasteiger charge is 2.10. The molecule has 0 saturated heterocycles. The summed E-state index contributed by atoms with van der Waals surface area (Å²) >= 11 is 0. The molecule has 0 aliphatic carbocycles. The summed E-state index contributed by atoms with van der Waals surface area (Å²) in [5.74, 6) is 0.602. The second kappa shape index (κ2) is 8.36. The van der Waals surface area contributed by atoms with Crippen molar-refractivity contribution in [3.8, 4) is 5.75 Å². The van der Waals surface area contributed by atoms with Crippen molar-refractivity contribution in [3.63, 3.8) is 0 Å². The number of anilines is 2. The van der Waals surface area contributed by atoms with Gasteiger partial charge in [-0.2, -0.15) is 0 Å². The molecule has 5 heteroatoms. The van der Waals surface area contributed by atoms with Crippen LogP contribution in [0.15, 0.2) is 60.8 Å². The first-order valence-corrected chi connectivity index (χ1v) is 8.76. The third-order valence-corrected chi connectivity index (χ3v) is 4.29. The number of nitrogens with one attached hydrogen (secondary N) is 2. The second-order valence-corrected chi connectivity index (χ2v) is 6.40. The first-order valence-electron chi connectivity index (χ1n) is 8.76. The quantitative estimate of drug-likeness (QED) is 0.675. The Bertz CT molecular complexity index is 937. The standard InChI is InChI=1S/C22H23N3O2/c1-15-4-5-16(2)20(12-15)25-22(26)21-13-18(10-11-23-21)24-14-17-6-8-19(27-3)9-7-17/h4-13H,14H2,1-3H3,(H,23,24)(H,25,26). The Morgan fingerprint density at radius 2 is 1.81 bits per heavy atom. The van der Waals surface area contributed by atoms with Crippen LogP contribution in [0.5, 0.6) is 5.75 Å². The molecule has 3 aromatic rings. The van der Waals surface area contributed by atoms with Crippen LogP contribution in [0.1, 0.15) is 27.2 Å². The number of carbonyl (C=O) groups excluding carboxylic acids is 1. The molecule has 0 bridgehead atoms. The molecule has 0 unspecified atom stereocenters. The Labute approximate surface area is 159 Å². The molecule has 0 spiro atoms. The molecule has 1 heterocycles. The van der Waals surface area contributed by atoms with Crippen LogP contribution < -0.4 is 15.4 Å². The van der Waals surface area contributed by atoms with Gasteiger partial charge in [0.2, 0.25) is 0 Å². The molecule has 5 nitrogen and oxygen atoms in total. The highest BCUT2D eigenvalue weighted by atomic mass is 16.5. The Morgan fingerprint density at radius 3 is 2.56 bits per heavy atom. The molecular weight excluding hydrogens is 338 g/mol. The fraction of sp³-hybridized carbons (Fsp3) is 0.182. The second-order valence-electron chi connectivity index (χ2n) is 6.40. The van der Waals surface area contributed by atoms with Crippen LogP contribution in [0.25, 0.3) is 0 Å². The van der Waals surface area contributed by atoms with Crippen LogP contribution in [0.4, 0.5) is 11.4 Å². The first-order chi connectivity index (χ1) is 13.0. The molecule has 0 radical (unpaired) electrons. The van der Waals surface area contributed by atoms with E-state index in [1.807, 2.05) is 62.4 Å². The lowest BCUT2D eigenvalue weighted by Gasteiger charge is -2.11. The number of aryl methyl sites for hydroxylation is 2. The Morgan fingerprint density at radius 1 is 1.04 bits per heavy atom. The maximum Gasteiger partial charge on any atom is 0.274 e. The van der Waals surface area contributed by atoms with Gasteiger partial charge in [-0.3, -0.25) is 9.78 Å². The number of methoxy groups -OCH3 is 1. The Hall–Kier alpha value is -3.34. The summed E-state index contributed by atoms with van der Waals surface area (Å²) in [6, 6.07) is 17.4. The lowest BCUT2D eigenvalue weighted by atomic mass is 10.1. The minimum Gasteiger partial charge on any atom is -0.497 e. The smallest absolute Gasteiger partial charge is 0.274 e. The van der Waals surface area contributed by atoms with Gasteiger partial charge in [0.25, 0.3) is 5.91 Å². The summed E-state index contributed by atoms with van der Waals surface area (Å²) in [6.45, 7) is 4.61. The summed E-state index contributed by atoms with van der Waals surface area (Å²) in [6.07, 6.45) is 1.63. The van der Waals surface area contributed by atoms with Crippen molar-refractivity contribution in [2.75, 3.05) is 17.7 Å². The van der Waals surface area contributed by atoms with Gasteiger partial charge >= 0.3 is 0 Å². The first kappa shape index (κ1) is 18.5. The third-order valence-electron chi connectivity index (χ3n) is 4.29. The molecule has 138 valence electrons. The van der Waals surface area contributed by atoms with Crippen LogP contribution in [-0.4, -0.2) is 18.0 Å². The molecule has 0 saturated carbocycles. The van der Waals surface area contributed by atoms with Crippen molar-refractivity contribution in [2.45, 2.75) is 20.4 Å². The van der Waals surface area contributed by atoms with E-state index >= 15 is 0 Å². The number of ether oxygens (including phenoxy) is 1. The lowest BCUT2D eigenvalue weighted by Crippen LogP contribution is -2.15. The number of rotatable bonds is 6. The van der Waals surface area contributed by atoms with Crippen LogP contribution >= 0.6 is 0 Å². The molecular formula is C22H23N3O2. The SMILES string of the molecule is COc1ccc(CNc2ccnc(C(=O)Nc3cc(C)ccc3C)c2)cc1. The van der Waals surface area contributed by atoms with Crippen LogP contribution in [-0.2, 0) is 6.54 Å². The predicted molar refractivity (Wildman–Crippen MR) is 108 cm³/mol. The van der Waals surface area contributed by atoms with Crippen molar-refractivity contribution in [1.82, 2.24) is 4.98 Å². The number of pyridine rings is 1. The lowest BCUT2D eigenvalue weighted by molar-refractivity contribution is 0.102. The zero-order valence-electron chi connectivity index (χ0n) is 15.7. The van der Waals surface area contributed by atoms with E-state index < -0.39 is 0 Å². The van der Waals surface area contributed by atoms with E-state index in [0.717, 1.165) is 33.8 Å². The normalized spacial score (nSPS) is 10.3. The van der Waals surface area contributed by atoms with Crippen molar-refractivity contribution < 1.29 is 9.53 Å². The molecule has 27 heavy (non-hydrogen) atoms. The summed E-state index contributed by atoms with van der Waals surface area (Å²) < 4.78 is 5.17.